The van der Waals surface area contributed by atoms with Crippen LogP contribution >= 0.6 is 0 Å². The lowest BCUT2D eigenvalue weighted by molar-refractivity contribution is 0.158. The fourth-order valence-corrected chi connectivity index (χ4v) is 0.571. The number of methoxy groups -OCH3 is 2. The summed E-state index contributed by atoms with van der Waals surface area (Å²) in [6.07, 6.45) is 3.00. The smallest absolute Gasteiger partial charge is 0.117 e. The van der Waals surface area contributed by atoms with Crippen molar-refractivity contribution >= 4 is 0 Å². The Balaban J connectivity index is 3.53. The van der Waals surface area contributed by atoms with Gasteiger partial charge in [0.15, 0.2) is 0 Å². The van der Waals surface area contributed by atoms with Gasteiger partial charge in [0, 0.05) is 7.11 Å². The van der Waals surface area contributed by atoms with Crippen LogP contribution in [0.3, 0.4) is 0 Å². The summed E-state index contributed by atoms with van der Waals surface area (Å²) < 4.78 is 9.82. The largest absolute Gasteiger partial charge is 0.499 e. The summed E-state index contributed by atoms with van der Waals surface area (Å²) in [7, 11) is 3.31. The van der Waals surface area contributed by atoms with Crippen molar-refractivity contribution in [1.82, 2.24) is 0 Å². The van der Waals surface area contributed by atoms with Gasteiger partial charge in [0.2, 0.25) is 0 Å². The van der Waals surface area contributed by atoms with Gasteiger partial charge in [-0.05, 0) is 12.5 Å². The van der Waals surface area contributed by atoms with E-state index in [0.717, 1.165) is 12.2 Å². The third-order valence-corrected chi connectivity index (χ3v) is 0.981. The fraction of sp³-hybridized carbons (Fsp3) is 0.714. The first-order valence-corrected chi connectivity index (χ1v) is 3.07. The zero-order valence-electron chi connectivity index (χ0n) is 6.31. The van der Waals surface area contributed by atoms with Gasteiger partial charge in [0.1, 0.15) is 12.4 Å². The van der Waals surface area contributed by atoms with Crippen LogP contribution in [0, 0.1) is 0 Å². The van der Waals surface area contributed by atoms with Crippen LogP contribution in [0.25, 0.3) is 0 Å². The summed E-state index contributed by atoms with van der Waals surface area (Å²) in [6.45, 7) is 2.64. The lowest BCUT2D eigenvalue weighted by Gasteiger charge is -2.02. The van der Waals surface area contributed by atoms with Gasteiger partial charge in [-0.1, -0.05) is 6.92 Å². The highest BCUT2D eigenvalue weighted by molar-refractivity contribution is 4.91. The summed E-state index contributed by atoms with van der Waals surface area (Å²) in [4.78, 5) is 0. The van der Waals surface area contributed by atoms with Crippen molar-refractivity contribution in [3.8, 4) is 0 Å². The van der Waals surface area contributed by atoms with Crippen molar-refractivity contribution in [2.24, 2.45) is 0 Å². The molecule has 0 saturated carbocycles. The molecule has 0 aromatic carbocycles. The summed E-state index contributed by atoms with van der Waals surface area (Å²) in [5.41, 5.74) is 0. The molecule has 0 aromatic heterocycles. The van der Waals surface area contributed by atoms with E-state index in [1.165, 1.54) is 0 Å². The van der Waals surface area contributed by atoms with E-state index in [9.17, 15) is 0 Å². The molecule has 0 aromatic rings. The first-order valence-electron chi connectivity index (χ1n) is 3.07. The molecule has 0 heterocycles. The highest BCUT2D eigenvalue weighted by Gasteiger charge is 1.90. The van der Waals surface area contributed by atoms with Gasteiger partial charge in [0.05, 0.1) is 7.11 Å². The molecule has 0 aliphatic heterocycles. The van der Waals surface area contributed by atoms with Crippen LogP contribution in [0.1, 0.15) is 13.3 Å². The fourth-order valence-electron chi connectivity index (χ4n) is 0.571. The molecule has 0 atom stereocenters. The monoisotopic (exact) mass is 130 g/mol. The summed E-state index contributed by atoms with van der Waals surface area (Å²) >= 11 is 0. The van der Waals surface area contributed by atoms with Gasteiger partial charge >= 0.3 is 0 Å². The van der Waals surface area contributed by atoms with Crippen LogP contribution in [0.4, 0.5) is 0 Å². The van der Waals surface area contributed by atoms with Gasteiger partial charge in [-0.15, -0.1) is 0 Å². The minimum atomic E-state index is 0.574. The Morgan fingerprint density at radius 2 is 2.11 bits per heavy atom. The van der Waals surface area contributed by atoms with Crippen LogP contribution in [0.2, 0.25) is 0 Å². The molecule has 0 rings (SSSR count). The zero-order valence-corrected chi connectivity index (χ0v) is 6.31. The molecular weight excluding hydrogens is 116 g/mol. The molecule has 0 aliphatic rings. The minimum absolute atomic E-state index is 0.574. The Bertz CT molecular complexity index is 86.9. The number of rotatable bonds is 4. The van der Waals surface area contributed by atoms with Gasteiger partial charge < -0.3 is 9.47 Å². The maximum Gasteiger partial charge on any atom is 0.117 e. The zero-order chi connectivity index (χ0) is 7.11. The molecule has 0 aliphatic carbocycles. The second kappa shape index (κ2) is 5.63. The second-order valence-corrected chi connectivity index (χ2v) is 1.72. The van der Waals surface area contributed by atoms with Crippen LogP contribution in [0.5, 0.6) is 0 Å². The molecule has 54 valence electrons. The SMILES string of the molecule is CCC=C(COC)OC. The Morgan fingerprint density at radius 1 is 1.44 bits per heavy atom. The van der Waals surface area contributed by atoms with Crippen molar-refractivity contribution in [1.29, 1.82) is 0 Å². The third-order valence-electron chi connectivity index (χ3n) is 0.981. The number of allylic oxidation sites excluding steroid dienone is 1. The van der Waals surface area contributed by atoms with Crippen molar-refractivity contribution in [3.63, 3.8) is 0 Å². The van der Waals surface area contributed by atoms with Crippen molar-refractivity contribution < 1.29 is 9.47 Å². The molecular formula is C7H14O2. The maximum absolute atomic E-state index is 4.97. The van der Waals surface area contributed by atoms with Crippen molar-refractivity contribution in [2.45, 2.75) is 13.3 Å². The normalized spacial score (nSPS) is 11.7. The molecule has 0 fully saturated rings. The van der Waals surface area contributed by atoms with Gasteiger partial charge in [-0.3, -0.25) is 0 Å². The van der Waals surface area contributed by atoms with Crippen molar-refractivity contribution in [3.05, 3.63) is 11.8 Å². The standard InChI is InChI=1S/C7H14O2/c1-4-5-7(9-3)6-8-2/h5H,4,6H2,1-3H3. The van der Waals surface area contributed by atoms with Gasteiger partial charge in [-0.2, -0.15) is 0 Å². The van der Waals surface area contributed by atoms with E-state index in [4.69, 9.17) is 9.47 Å². The average Bonchev–Trinajstić information content (AvgIpc) is 1.88. The lowest BCUT2D eigenvalue weighted by Crippen LogP contribution is -1.95. The highest BCUT2D eigenvalue weighted by atomic mass is 16.5. The third kappa shape index (κ3) is 4.03. The number of hydrogen-bond acceptors (Lipinski definition) is 2. The summed E-state index contributed by atoms with van der Waals surface area (Å²) in [6, 6.07) is 0. The molecule has 0 unspecified atom stereocenters. The van der Waals surface area contributed by atoms with Gasteiger partial charge in [-0.25, -0.2) is 0 Å². The van der Waals surface area contributed by atoms with Crippen LogP contribution in [-0.4, -0.2) is 20.8 Å². The molecule has 0 bridgehead atoms. The quantitative estimate of drug-likeness (QED) is 0.538. The van der Waals surface area contributed by atoms with E-state index in [-0.39, 0.29) is 0 Å². The average molecular weight is 130 g/mol. The van der Waals surface area contributed by atoms with Crippen LogP contribution in [-0.2, 0) is 9.47 Å². The predicted octanol–water partition coefficient (Wildman–Crippen LogP) is 1.57. The minimum Gasteiger partial charge on any atom is -0.499 e. The van der Waals surface area contributed by atoms with E-state index >= 15 is 0 Å². The van der Waals surface area contributed by atoms with E-state index in [0.29, 0.717) is 6.61 Å². The van der Waals surface area contributed by atoms with Gasteiger partial charge in [0.25, 0.3) is 0 Å². The molecule has 2 nitrogen and oxygen atoms in total. The summed E-state index contributed by atoms with van der Waals surface area (Å²) in [5, 5.41) is 0. The number of hydrogen-bond donors (Lipinski definition) is 0. The predicted molar refractivity (Wildman–Crippen MR) is 37.3 cm³/mol. The molecule has 2 heteroatoms. The molecule has 0 amide bonds. The number of ether oxygens (including phenoxy) is 2. The van der Waals surface area contributed by atoms with Crippen LogP contribution in [0.15, 0.2) is 11.8 Å². The lowest BCUT2D eigenvalue weighted by atomic mass is 10.4. The first-order chi connectivity index (χ1) is 4.35. The Kier molecular flexibility index (Phi) is 5.32. The topological polar surface area (TPSA) is 18.5 Å². The maximum atomic E-state index is 4.97. The second-order valence-electron chi connectivity index (χ2n) is 1.72. The summed E-state index contributed by atoms with van der Waals surface area (Å²) in [5.74, 6) is 0.903. The van der Waals surface area contributed by atoms with Crippen molar-refractivity contribution in [2.75, 3.05) is 20.8 Å². The Labute approximate surface area is 56.5 Å². The van der Waals surface area contributed by atoms with E-state index < -0.39 is 0 Å². The van der Waals surface area contributed by atoms with Crippen LogP contribution < -0.4 is 0 Å². The Morgan fingerprint density at radius 3 is 2.44 bits per heavy atom. The molecule has 0 radical (unpaired) electrons. The molecule has 0 N–H and O–H groups in total. The molecule has 0 spiro atoms. The van der Waals surface area contributed by atoms with E-state index in [1.807, 2.05) is 6.08 Å². The molecule has 0 saturated heterocycles. The van der Waals surface area contributed by atoms with E-state index in [2.05, 4.69) is 6.92 Å². The highest BCUT2D eigenvalue weighted by Crippen LogP contribution is 1.96. The first kappa shape index (κ1) is 8.50. The Hall–Kier alpha value is -0.500. The van der Waals surface area contributed by atoms with E-state index in [1.54, 1.807) is 14.2 Å². The molecule has 9 heavy (non-hydrogen) atoms.